The molecule has 1 aliphatic rings. The largest absolute Gasteiger partial charge is 0.506 e. The van der Waals surface area contributed by atoms with Crippen molar-refractivity contribution in [2.75, 3.05) is 18.9 Å². The van der Waals surface area contributed by atoms with Crippen LogP contribution in [0.5, 0.6) is 5.75 Å². The Hall–Kier alpha value is -1.26. The van der Waals surface area contributed by atoms with Gasteiger partial charge in [-0.3, -0.25) is 4.84 Å². The van der Waals surface area contributed by atoms with Crippen LogP contribution in [0.2, 0.25) is 0 Å². The van der Waals surface area contributed by atoms with E-state index in [1.807, 2.05) is 11.1 Å². The summed E-state index contributed by atoms with van der Waals surface area (Å²) in [7, 11) is 0. The predicted octanol–water partition coefficient (Wildman–Crippen LogP) is 1.11. The van der Waals surface area contributed by atoms with Crippen molar-refractivity contribution in [1.29, 1.82) is 0 Å². The third kappa shape index (κ3) is 1.97. The summed E-state index contributed by atoms with van der Waals surface area (Å²) in [4.78, 5) is 5.36. The summed E-state index contributed by atoms with van der Waals surface area (Å²) >= 11 is 0. The number of phenols is 1. The van der Waals surface area contributed by atoms with E-state index in [2.05, 4.69) is 0 Å². The highest BCUT2D eigenvalue weighted by Crippen LogP contribution is 2.21. The Morgan fingerprint density at radius 2 is 2.36 bits per heavy atom. The molecule has 1 aliphatic heterocycles. The molecule has 0 unspecified atom stereocenters. The van der Waals surface area contributed by atoms with Crippen LogP contribution in [0.3, 0.4) is 0 Å². The van der Waals surface area contributed by atoms with Crippen molar-refractivity contribution in [3.05, 3.63) is 23.8 Å². The summed E-state index contributed by atoms with van der Waals surface area (Å²) < 4.78 is 0. The van der Waals surface area contributed by atoms with Crippen LogP contribution in [0.15, 0.2) is 18.2 Å². The van der Waals surface area contributed by atoms with E-state index in [9.17, 15) is 5.11 Å². The average Bonchev–Trinajstić information content (AvgIpc) is 2.64. The number of hydrogen-bond acceptors (Lipinski definition) is 4. The lowest BCUT2D eigenvalue weighted by molar-refractivity contribution is -0.117. The van der Waals surface area contributed by atoms with Crippen LogP contribution in [0.1, 0.15) is 12.0 Å². The molecule has 3 N–H and O–H groups in total. The van der Waals surface area contributed by atoms with Gasteiger partial charge in [-0.15, -0.1) is 0 Å². The first-order valence-electron chi connectivity index (χ1n) is 4.71. The number of aromatic hydroxyl groups is 1. The number of hydrogen-bond donors (Lipinski definition) is 2. The van der Waals surface area contributed by atoms with E-state index < -0.39 is 0 Å². The zero-order chi connectivity index (χ0) is 9.97. The van der Waals surface area contributed by atoms with E-state index in [1.165, 1.54) is 0 Å². The maximum Gasteiger partial charge on any atom is 0.138 e. The molecule has 0 aliphatic carbocycles. The van der Waals surface area contributed by atoms with Gasteiger partial charge >= 0.3 is 0 Å². The second kappa shape index (κ2) is 3.86. The molecular weight excluding hydrogens is 180 g/mol. The Bertz CT molecular complexity index is 322. The fraction of sp³-hybridized carbons (Fsp3) is 0.400. The van der Waals surface area contributed by atoms with Gasteiger partial charge in [-0.05, 0) is 24.1 Å². The molecule has 14 heavy (non-hydrogen) atoms. The quantitative estimate of drug-likeness (QED) is 0.547. The smallest absolute Gasteiger partial charge is 0.138 e. The van der Waals surface area contributed by atoms with Crippen molar-refractivity contribution in [3.8, 4) is 5.75 Å². The number of nitrogen functional groups attached to an aromatic ring is 1. The molecule has 0 spiro atoms. The highest BCUT2D eigenvalue weighted by atomic mass is 16.7. The SMILES string of the molecule is Nc1cc(CN2CCCO2)ccc1O. The van der Waals surface area contributed by atoms with E-state index in [-0.39, 0.29) is 5.75 Å². The van der Waals surface area contributed by atoms with Crippen LogP contribution in [0.25, 0.3) is 0 Å². The third-order valence-electron chi connectivity index (χ3n) is 2.28. The standard InChI is InChI=1S/C10H14N2O2/c11-9-6-8(2-3-10(9)13)7-12-4-1-5-14-12/h2-3,6,13H,1,4-5,7,11H2. The second-order valence-corrected chi connectivity index (χ2v) is 3.44. The van der Waals surface area contributed by atoms with Crippen molar-refractivity contribution in [2.45, 2.75) is 13.0 Å². The van der Waals surface area contributed by atoms with E-state index in [0.717, 1.165) is 31.7 Å². The summed E-state index contributed by atoms with van der Waals surface area (Å²) in [6, 6.07) is 5.24. The summed E-state index contributed by atoms with van der Waals surface area (Å²) in [6.45, 7) is 2.48. The third-order valence-corrected chi connectivity index (χ3v) is 2.28. The van der Waals surface area contributed by atoms with Crippen LogP contribution in [0, 0.1) is 0 Å². The number of rotatable bonds is 2. The Morgan fingerprint density at radius 1 is 1.50 bits per heavy atom. The fourth-order valence-electron chi connectivity index (χ4n) is 1.53. The molecule has 4 heteroatoms. The van der Waals surface area contributed by atoms with Crippen molar-refractivity contribution >= 4 is 5.69 Å². The molecule has 0 aromatic heterocycles. The molecule has 1 fully saturated rings. The Morgan fingerprint density at radius 3 is 3.00 bits per heavy atom. The molecule has 0 radical (unpaired) electrons. The van der Waals surface area contributed by atoms with Crippen molar-refractivity contribution < 1.29 is 9.94 Å². The molecule has 1 aromatic rings. The summed E-state index contributed by atoms with van der Waals surface area (Å²) in [5.41, 5.74) is 7.06. The lowest BCUT2D eigenvalue weighted by Gasteiger charge is -2.13. The van der Waals surface area contributed by atoms with Gasteiger partial charge in [-0.2, -0.15) is 5.06 Å². The molecule has 76 valence electrons. The average molecular weight is 194 g/mol. The first-order valence-corrected chi connectivity index (χ1v) is 4.71. The van der Waals surface area contributed by atoms with E-state index in [4.69, 9.17) is 10.6 Å². The lowest BCUT2D eigenvalue weighted by atomic mass is 10.2. The van der Waals surface area contributed by atoms with Crippen LogP contribution >= 0.6 is 0 Å². The first kappa shape index (κ1) is 9.30. The zero-order valence-electron chi connectivity index (χ0n) is 7.94. The molecule has 0 amide bonds. The number of nitrogens with two attached hydrogens (primary N) is 1. The molecule has 1 saturated heterocycles. The number of anilines is 1. The molecule has 2 rings (SSSR count). The van der Waals surface area contributed by atoms with Gasteiger partial charge in [-0.1, -0.05) is 6.07 Å². The van der Waals surface area contributed by atoms with Crippen LogP contribution < -0.4 is 5.73 Å². The molecule has 0 saturated carbocycles. The summed E-state index contributed by atoms with van der Waals surface area (Å²) in [5.74, 6) is 0.135. The van der Waals surface area contributed by atoms with Crippen molar-refractivity contribution in [3.63, 3.8) is 0 Å². The predicted molar refractivity (Wildman–Crippen MR) is 53.5 cm³/mol. The second-order valence-electron chi connectivity index (χ2n) is 3.44. The highest BCUT2D eigenvalue weighted by Gasteiger charge is 2.12. The van der Waals surface area contributed by atoms with Gasteiger partial charge in [0.15, 0.2) is 0 Å². The van der Waals surface area contributed by atoms with E-state index in [0.29, 0.717) is 5.69 Å². The molecule has 0 atom stereocenters. The molecule has 4 nitrogen and oxygen atoms in total. The minimum atomic E-state index is 0.135. The van der Waals surface area contributed by atoms with Crippen LogP contribution in [-0.2, 0) is 11.4 Å². The maximum absolute atomic E-state index is 9.23. The van der Waals surface area contributed by atoms with Gasteiger partial charge in [0.1, 0.15) is 5.75 Å². The van der Waals surface area contributed by atoms with Gasteiger partial charge in [0.2, 0.25) is 0 Å². The zero-order valence-corrected chi connectivity index (χ0v) is 7.94. The number of hydroxylamine groups is 2. The van der Waals surface area contributed by atoms with E-state index in [1.54, 1.807) is 12.1 Å². The van der Waals surface area contributed by atoms with Gasteiger partial charge in [0.05, 0.1) is 12.3 Å². The normalized spacial score (nSPS) is 17.4. The fourth-order valence-corrected chi connectivity index (χ4v) is 1.53. The Balaban J connectivity index is 2.05. The minimum absolute atomic E-state index is 0.135. The molecule has 0 bridgehead atoms. The molecule has 1 aromatic carbocycles. The Kier molecular flexibility index (Phi) is 2.56. The van der Waals surface area contributed by atoms with Gasteiger partial charge in [-0.25, -0.2) is 0 Å². The number of nitrogens with zero attached hydrogens (tertiary/aromatic N) is 1. The van der Waals surface area contributed by atoms with Crippen LogP contribution in [-0.4, -0.2) is 23.3 Å². The summed E-state index contributed by atoms with van der Waals surface area (Å²) in [6.07, 6.45) is 1.08. The highest BCUT2D eigenvalue weighted by molar-refractivity contribution is 5.53. The van der Waals surface area contributed by atoms with Gasteiger partial charge in [0, 0.05) is 13.1 Å². The monoisotopic (exact) mass is 194 g/mol. The number of benzene rings is 1. The van der Waals surface area contributed by atoms with Gasteiger partial charge < -0.3 is 10.8 Å². The molecule has 1 heterocycles. The maximum atomic E-state index is 9.23. The first-order chi connectivity index (χ1) is 6.75. The van der Waals surface area contributed by atoms with Crippen molar-refractivity contribution in [2.24, 2.45) is 0 Å². The molecular formula is C10H14N2O2. The van der Waals surface area contributed by atoms with Crippen LogP contribution in [0.4, 0.5) is 5.69 Å². The van der Waals surface area contributed by atoms with E-state index >= 15 is 0 Å². The lowest BCUT2D eigenvalue weighted by Crippen LogP contribution is -2.16. The minimum Gasteiger partial charge on any atom is -0.506 e. The Labute approximate surface area is 82.8 Å². The van der Waals surface area contributed by atoms with Gasteiger partial charge in [0.25, 0.3) is 0 Å². The van der Waals surface area contributed by atoms with Crippen molar-refractivity contribution in [1.82, 2.24) is 5.06 Å². The number of phenolic OH excluding ortho intramolecular Hbond substituents is 1. The summed E-state index contributed by atoms with van der Waals surface area (Å²) in [5, 5.41) is 11.1. The topological polar surface area (TPSA) is 58.7 Å².